The van der Waals surface area contributed by atoms with Gasteiger partial charge in [-0.05, 0) is 38.0 Å². The van der Waals surface area contributed by atoms with Gasteiger partial charge in [-0.2, -0.15) is 0 Å². The van der Waals surface area contributed by atoms with Gasteiger partial charge in [0.05, 0.1) is 5.41 Å². The molecule has 0 saturated carbocycles. The van der Waals surface area contributed by atoms with Crippen LogP contribution in [0.15, 0.2) is 24.3 Å². The van der Waals surface area contributed by atoms with Crippen LogP contribution >= 0.6 is 0 Å². The van der Waals surface area contributed by atoms with Crippen LogP contribution in [0.3, 0.4) is 0 Å². The zero-order chi connectivity index (χ0) is 15.6. The first kappa shape index (κ1) is 15.0. The number of rotatable bonds is 3. The lowest BCUT2D eigenvalue weighted by Gasteiger charge is -2.37. The molecule has 1 aromatic carbocycles. The molecule has 3 N–H and O–H groups in total. The molecule has 21 heavy (non-hydrogen) atoms. The van der Waals surface area contributed by atoms with Crippen LogP contribution in [0.2, 0.25) is 0 Å². The molecule has 0 aliphatic carbocycles. The maximum atomic E-state index is 12.5. The lowest BCUT2D eigenvalue weighted by molar-refractivity contribution is -0.150. The fourth-order valence-corrected chi connectivity index (χ4v) is 2.58. The number of nitrogens with zero attached hydrogens (tertiary/aromatic N) is 1. The van der Waals surface area contributed by atoms with Gasteiger partial charge in [-0.15, -0.1) is 0 Å². The van der Waals surface area contributed by atoms with Gasteiger partial charge >= 0.3 is 5.97 Å². The molecule has 1 aromatic rings. The average Bonchev–Trinajstić information content (AvgIpc) is 2.46. The SMILES string of the molecule is CC1(C(=O)O)CCCN(C(=O)c2cccc(C(N)=O)c2)C1. The van der Waals surface area contributed by atoms with Crippen LogP contribution in [-0.4, -0.2) is 40.9 Å². The normalized spacial score (nSPS) is 21.9. The molecule has 2 rings (SSSR count). The van der Waals surface area contributed by atoms with Crippen molar-refractivity contribution in [2.75, 3.05) is 13.1 Å². The highest BCUT2D eigenvalue weighted by Gasteiger charge is 2.39. The van der Waals surface area contributed by atoms with Crippen molar-refractivity contribution < 1.29 is 19.5 Å². The number of amides is 2. The first-order valence-corrected chi connectivity index (χ1v) is 6.76. The summed E-state index contributed by atoms with van der Waals surface area (Å²) >= 11 is 0. The Morgan fingerprint density at radius 1 is 1.29 bits per heavy atom. The summed E-state index contributed by atoms with van der Waals surface area (Å²) < 4.78 is 0. The van der Waals surface area contributed by atoms with Gasteiger partial charge < -0.3 is 15.7 Å². The van der Waals surface area contributed by atoms with Crippen molar-refractivity contribution >= 4 is 17.8 Å². The lowest BCUT2D eigenvalue weighted by Crippen LogP contribution is -2.48. The molecule has 1 aliphatic heterocycles. The second kappa shape index (κ2) is 5.55. The minimum absolute atomic E-state index is 0.169. The minimum atomic E-state index is -0.921. The van der Waals surface area contributed by atoms with E-state index in [9.17, 15) is 19.5 Å². The molecular weight excluding hydrogens is 272 g/mol. The van der Waals surface area contributed by atoms with Crippen molar-refractivity contribution in [2.45, 2.75) is 19.8 Å². The van der Waals surface area contributed by atoms with Crippen LogP contribution < -0.4 is 5.73 Å². The Kier molecular flexibility index (Phi) is 3.97. The molecule has 0 bridgehead atoms. The lowest BCUT2D eigenvalue weighted by atomic mass is 9.82. The molecule has 1 fully saturated rings. The zero-order valence-corrected chi connectivity index (χ0v) is 11.8. The van der Waals surface area contributed by atoms with E-state index in [-0.39, 0.29) is 18.0 Å². The number of carboxylic acid groups (broad SMARTS) is 1. The summed E-state index contributed by atoms with van der Waals surface area (Å²) in [7, 11) is 0. The molecule has 1 atom stereocenters. The molecule has 2 amide bonds. The maximum absolute atomic E-state index is 12.5. The Balaban J connectivity index is 2.22. The van der Waals surface area contributed by atoms with E-state index in [0.717, 1.165) is 0 Å². The van der Waals surface area contributed by atoms with Gasteiger partial charge in [0.25, 0.3) is 5.91 Å². The van der Waals surface area contributed by atoms with E-state index in [4.69, 9.17) is 5.73 Å². The number of carbonyl (C=O) groups excluding carboxylic acids is 2. The zero-order valence-electron chi connectivity index (χ0n) is 11.8. The molecule has 1 heterocycles. The van der Waals surface area contributed by atoms with E-state index >= 15 is 0 Å². The minimum Gasteiger partial charge on any atom is -0.481 e. The second-order valence-electron chi connectivity index (χ2n) is 5.64. The van der Waals surface area contributed by atoms with E-state index in [2.05, 4.69) is 0 Å². The Bertz CT molecular complexity index is 599. The van der Waals surface area contributed by atoms with Gasteiger partial charge in [-0.3, -0.25) is 14.4 Å². The van der Waals surface area contributed by atoms with E-state index in [1.54, 1.807) is 19.1 Å². The maximum Gasteiger partial charge on any atom is 0.311 e. The number of benzene rings is 1. The number of piperidine rings is 1. The van der Waals surface area contributed by atoms with Crippen LogP contribution in [0.5, 0.6) is 0 Å². The monoisotopic (exact) mass is 290 g/mol. The summed E-state index contributed by atoms with van der Waals surface area (Å²) in [6, 6.07) is 6.17. The summed E-state index contributed by atoms with van der Waals surface area (Å²) in [6.45, 7) is 2.33. The van der Waals surface area contributed by atoms with Gasteiger partial charge in [-0.1, -0.05) is 6.07 Å². The molecule has 6 heteroatoms. The number of primary amides is 1. The summed E-state index contributed by atoms with van der Waals surface area (Å²) in [5, 5.41) is 9.29. The molecule has 6 nitrogen and oxygen atoms in total. The summed E-state index contributed by atoms with van der Waals surface area (Å²) in [4.78, 5) is 36.5. The quantitative estimate of drug-likeness (QED) is 0.870. The summed E-state index contributed by atoms with van der Waals surface area (Å²) in [5.74, 6) is -1.77. The van der Waals surface area contributed by atoms with Gasteiger partial charge in [0, 0.05) is 24.2 Å². The van der Waals surface area contributed by atoms with Gasteiger partial charge in [0.2, 0.25) is 5.91 Å². The summed E-state index contributed by atoms with van der Waals surface area (Å²) in [5.41, 5.74) is 4.89. The van der Waals surface area contributed by atoms with E-state index < -0.39 is 17.3 Å². The van der Waals surface area contributed by atoms with Crippen molar-refractivity contribution in [2.24, 2.45) is 11.1 Å². The Morgan fingerprint density at radius 2 is 1.95 bits per heavy atom. The first-order valence-electron chi connectivity index (χ1n) is 6.76. The van der Waals surface area contributed by atoms with Crippen molar-refractivity contribution in [3.63, 3.8) is 0 Å². The van der Waals surface area contributed by atoms with Crippen molar-refractivity contribution in [3.8, 4) is 0 Å². The number of hydrogen-bond donors (Lipinski definition) is 2. The molecule has 112 valence electrons. The highest BCUT2D eigenvalue weighted by atomic mass is 16.4. The van der Waals surface area contributed by atoms with Crippen LogP contribution in [0.4, 0.5) is 0 Å². The smallest absolute Gasteiger partial charge is 0.311 e. The van der Waals surface area contributed by atoms with Crippen LogP contribution in [0, 0.1) is 5.41 Å². The van der Waals surface area contributed by atoms with Crippen LogP contribution in [0.1, 0.15) is 40.5 Å². The second-order valence-corrected chi connectivity index (χ2v) is 5.64. The van der Waals surface area contributed by atoms with Crippen LogP contribution in [0.25, 0.3) is 0 Å². The number of carbonyl (C=O) groups is 3. The molecule has 1 saturated heterocycles. The Labute approximate surface area is 122 Å². The largest absolute Gasteiger partial charge is 0.481 e. The first-order chi connectivity index (χ1) is 9.83. The number of likely N-dealkylation sites (tertiary alicyclic amines) is 1. The molecule has 1 unspecified atom stereocenters. The fraction of sp³-hybridized carbons (Fsp3) is 0.400. The number of carboxylic acids is 1. The van der Waals surface area contributed by atoms with Gasteiger partial charge in [0.15, 0.2) is 0 Å². The Hall–Kier alpha value is -2.37. The molecule has 0 spiro atoms. The van der Waals surface area contributed by atoms with Gasteiger partial charge in [-0.25, -0.2) is 0 Å². The third-order valence-corrected chi connectivity index (χ3v) is 3.89. The third kappa shape index (κ3) is 3.04. The molecular formula is C15H18N2O4. The Morgan fingerprint density at radius 3 is 2.57 bits per heavy atom. The standard InChI is InChI=1S/C15H18N2O4/c1-15(14(20)21)6-3-7-17(9-15)13(19)11-5-2-4-10(8-11)12(16)18/h2,4-5,8H,3,6-7,9H2,1H3,(H2,16,18)(H,20,21). The van der Waals surface area contributed by atoms with Crippen molar-refractivity contribution in [1.82, 2.24) is 4.90 Å². The van der Waals surface area contributed by atoms with E-state index in [1.807, 2.05) is 0 Å². The van der Waals surface area contributed by atoms with Crippen LogP contribution in [-0.2, 0) is 4.79 Å². The van der Waals surface area contributed by atoms with Crippen molar-refractivity contribution in [1.29, 1.82) is 0 Å². The predicted molar refractivity (Wildman–Crippen MR) is 75.8 cm³/mol. The topological polar surface area (TPSA) is 101 Å². The predicted octanol–water partition coefficient (Wildman–Crippen LogP) is 1.11. The molecule has 0 aromatic heterocycles. The molecule has 1 aliphatic rings. The number of aliphatic carboxylic acids is 1. The number of hydrogen-bond acceptors (Lipinski definition) is 3. The van der Waals surface area contributed by atoms with E-state index in [1.165, 1.54) is 17.0 Å². The number of nitrogens with two attached hydrogens (primary N) is 1. The highest BCUT2D eigenvalue weighted by molar-refractivity contribution is 5.99. The fourth-order valence-electron chi connectivity index (χ4n) is 2.58. The third-order valence-electron chi connectivity index (χ3n) is 3.89. The highest BCUT2D eigenvalue weighted by Crippen LogP contribution is 2.30. The van der Waals surface area contributed by atoms with Crippen molar-refractivity contribution in [3.05, 3.63) is 35.4 Å². The van der Waals surface area contributed by atoms with E-state index in [0.29, 0.717) is 24.9 Å². The van der Waals surface area contributed by atoms with Gasteiger partial charge in [0.1, 0.15) is 0 Å². The molecule has 0 radical (unpaired) electrons. The summed E-state index contributed by atoms with van der Waals surface area (Å²) in [6.07, 6.45) is 1.19. The average molecular weight is 290 g/mol.